The van der Waals surface area contributed by atoms with Crippen molar-refractivity contribution in [1.82, 2.24) is 9.78 Å². The number of amides is 1. The van der Waals surface area contributed by atoms with Gasteiger partial charge < -0.3 is 15.2 Å². The van der Waals surface area contributed by atoms with E-state index in [-0.39, 0.29) is 10.8 Å². The molecule has 1 aromatic heterocycles. The Kier molecular flexibility index (Phi) is 4.25. The fourth-order valence-electron chi connectivity index (χ4n) is 2.36. The van der Waals surface area contributed by atoms with Gasteiger partial charge in [-0.1, -0.05) is 18.2 Å². The van der Waals surface area contributed by atoms with E-state index < -0.39 is 35.5 Å². The van der Waals surface area contributed by atoms with Crippen LogP contribution < -0.4 is 16.0 Å². The molecule has 7 nitrogen and oxygen atoms in total. The highest BCUT2D eigenvalue weighted by Crippen LogP contribution is 2.13. The molecule has 8 heteroatoms. The normalized spacial score (nSPS) is 10.6. The summed E-state index contributed by atoms with van der Waals surface area (Å²) in [4.78, 5) is 35.7. The van der Waals surface area contributed by atoms with E-state index in [2.05, 4.69) is 10.4 Å². The van der Waals surface area contributed by atoms with Gasteiger partial charge in [-0.15, -0.1) is 0 Å². The predicted octanol–water partition coefficient (Wildman–Crippen LogP) is 0.538. The zero-order valence-corrected chi connectivity index (χ0v) is 12.7. The van der Waals surface area contributed by atoms with Crippen LogP contribution in [0.2, 0.25) is 0 Å². The van der Waals surface area contributed by atoms with Crippen molar-refractivity contribution in [1.29, 1.82) is 0 Å². The number of fused-ring (bicyclic) bond motifs is 1. The molecular weight excluding hydrogens is 329 g/mol. The summed E-state index contributed by atoms with van der Waals surface area (Å²) in [5.41, 5.74) is -0.694. The highest BCUT2D eigenvalue weighted by Gasteiger charge is 2.13. The van der Waals surface area contributed by atoms with Crippen LogP contribution in [0.25, 0.3) is 10.8 Å². The first-order chi connectivity index (χ1) is 12.0. The third-order valence-corrected chi connectivity index (χ3v) is 3.48. The van der Waals surface area contributed by atoms with E-state index >= 15 is 0 Å². The summed E-state index contributed by atoms with van der Waals surface area (Å²) in [6, 6.07) is 11.1. The molecule has 0 fully saturated rings. The third kappa shape index (κ3) is 3.37. The van der Waals surface area contributed by atoms with E-state index in [9.17, 15) is 23.9 Å². The average Bonchev–Trinajstić information content (AvgIpc) is 2.59. The van der Waals surface area contributed by atoms with Gasteiger partial charge in [0.2, 0.25) is 5.91 Å². The van der Waals surface area contributed by atoms with Crippen LogP contribution in [0.4, 0.5) is 10.1 Å². The second-order valence-electron chi connectivity index (χ2n) is 5.20. The van der Waals surface area contributed by atoms with Gasteiger partial charge in [0.25, 0.3) is 5.56 Å². The smallest absolute Gasteiger partial charge is 0.275 e. The minimum atomic E-state index is -1.55. The van der Waals surface area contributed by atoms with Crippen LogP contribution in [-0.4, -0.2) is 21.7 Å². The Labute approximate surface area is 140 Å². The number of hydrogen-bond donors (Lipinski definition) is 1. The Morgan fingerprint density at radius 3 is 2.36 bits per heavy atom. The largest absolute Gasteiger partial charge is 0.543 e. The maximum Gasteiger partial charge on any atom is 0.275 e. The monoisotopic (exact) mass is 340 g/mol. The molecule has 0 saturated heterocycles. The number of nitrogens with zero attached hydrogens (tertiary/aromatic N) is 2. The van der Waals surface area contributed by atoms with Crippen molar-refractivity contribution in [3.05, 3.63) is 70.4 Å². The number of aromatic carboxylic acids is 1. The number of carboxylic acid groups (broad SMARTS) is 1. The zero-order valence-electron chi connectivity index (χ0n) is 12.7. The molecule has 0 bridgehead atoms. The van der Waals surface area contributed by atoms with Crippen LogP contribution in [0.5, 0.6) is 0 Å². The van der Waals surface area contributed by atoms with Gasteiger partial charge in [-0.2, -0.15) is 5.10 Å². The molecule has 3 aromatic rings. The van der Waals surface area contributed by atoms with Crippen LogP contribution in [0.15, 0.2) is 53.3 Å². The molecule has 0 aliphatic heterocycles. The quantitative estimate of drug-likeness (QED) is 0.746. The first-order valence-corrected chi connectivity index (χ1v) is 7.22. The van der Waals surface area contributed by atoms with E-state index in [0.717, 1.165) is 4.68 Å². The standard InChI is InChI=1S/C17H12FN3O4/c18-10-5-7-11(8-6-10)19-14(22)9-21-16(23)13-4-2-1-3-12(13)15(20-21)17(24)25/h1-8H,9H2,(H,19,22)(H,24,25)/p-1. The highest BCUT2D eigenvalue weighted by molar-refractivity contribution is 6.00. The van der Waals surface area contributed by atoms with Gasteiger partial charge in [-0.3, -0.25) is 9.59 Å². The molecule has 1 amide bonds. The first kappa shape index (κ1) is 16.3. The maximum absolute atomic E-state index is 12.9. The lowest BCUT2D eigenvalue weighted by Gasteiger charge is -2.11. The lowest BCUT2D eigenvalue weighted by atomic mass is 10.1. The number of aromatic nitrogens is 2. The molecule has 0 radical (unpaired) electrons. The topological polar surface area (TPSA) is 104 Å². The summed E-state index contributed by atoms with van der Waals surface area (Å²) < 4.78 is 13.6. The van der Waals surface area contributed by atoms with Gasteiger partial charge in [-0.25, -0.2) is 9.07 Å². The van der Waals surface area contributed by atoms with Gasteiger partial charge in [0.1, 0.15) is 18.1 Å². The number of hydrogen-bond acceptors (Lipinski definition) is 5. The number of carbonyl (C=O) groups excluding carboxylic acids is 2. The molecule has 126 valence electrons. The first-order valence-electron chi connectivity index (χ1n) is 7.22. The summed E-state index contributed by atoms with van der Waals surface area (Å²) in [5, 5.41) is 17.7. The number of carbonyl (C=O) groups is 2. The fraction of sp³-hybridized carbons (Fsp3) is 0.0588. The van der Waals surface area contributed by atoms with Crippen molar-refractivity contribution in [3.63, 3.8) is 0 Å². The second kappa shape index (κ2) is 6.52. The molecule has 2 aromatic carbocycles. The van der Waals surface area contributed by atoms with Crippen LogP contribution in [0.3, 0.4) is 0 Å². The Morgan fingerprint density at radius 1 is 1.08 bits per heavy atom. The number of benzene rings is 2. The molecule has 0 aliphatic carbocycles. The van der Waals surface area contributed by atoms with Gasteiger partial charge in [0.15, 0.2) is 0 Å². The highest BCUT2D eigenvalue weighted by atomic mass is 19.1. The number of halogens is 1. The van der Waals surface area contributed by atoms with Crippen LogP contribution in [0, 0.1) is 5.82 Å². The Hall–Kier alpha value is -3.55. The lowest BCUT2D eigenvalue weighted by molar-refractivity contribution is -0.255. The number of carboxylic acids is 1. The van der Waals surface area contributed by atoms with Crippen LogP contribution in [0.1, 0.15) is 10.5 Å². The van der Waals surface area contributed by atoms with E-state index in [1.165, 1.54) is 36.4 Å². The van der Waals surface area contributed by atoms with Gasteiger partial charge >= 0.3 is 0 Å². The van der Waals surface area contributed by atoms with E-state index in [0.29, 0.717) is 5.69 Å². The lowest BCUT2D eigenvalue weighted by Crippen LogP contribution is -2.34. The van der Waals surface area contributed by atoms with Crippen molar-refractivity contribution < 1.29 is 19.1 Å². The molecule has 0 atom stereocenters. The SMILES string of the molecule is O=C(Cn1nc(C(=O)[O-])c2ccccc2c1=O)Nc1ccc(F)cc1. The molecule has 0 aliphatic rings. The maximum atomic E-state index is 12.9. The number of anilines is 1. The second-order valence-corrected chi connectivity index (χ2v) is 5.20. The molecule has 0 saturated carbocycles. The zero-order chi connectivity index (χ0) is 18.0. The van der Waals surface area contributed by atoms with E-state index in [1.807, 2.05) is 0 Å². The summed E-state index contributed by atoms with van der Waals surface area (Å²) in [6.07, 6.45) is 0. The predicted molar refractivity (Wildman–Crippen MR) is 85.4 cm³/mol. The van der Waals surface area contributed by atoms with Gasteiger partial charge in [0.05, 0.1) is 11.4 Å². The summed E-state index contributed by atoms with van der Waals surface area (Å²) in [6.45, 7) is -0.499. The average molecular weight is 340 g/mol. The minimum Gasteiger partial charge on any atom is -0.543 e. The van der Waals surface area contributed by atoms with Gasteiger partial charge in [-0.05, 0) is 30.3 Å². The molecule has 1 heterocycles. The summed E-state index contributed by atoms with van der Waals surface area (Å²) in [5.74, 6) is -2.62. The van der Waals surface area contributed by atoms with Crippen molar-refractivity contribution >= 4 is 28.3 Å². The fourth-order valence-corrected chi connectivity index (χ4v) is 2.36. The summed E-state index contributed by atoms with van der Waals surface area (Å²) in [7, 11) is 0. The third-order valence-electron chi connectivity index (χ3n) is 3.48. The molecule has 0 spiro atoms. The van der Waals surface area contributed by atoms with Crippen molar-refractivity contribution in [2.24, 2.45) is 0 Å². The molecule has 1 N–H and O–H groups in total. The Morgan fingerprint density at radius 2 is 1.72 bits per heavy atom. The van der Waals surface area contributed by atoms with Crippen LogP contribution in [-0.2, 0) is 11.3 Å². The number of nitrogens with one attached hydrogen (secondary N) is 1. The number of rotatable bonds is 4. The summed E-state index contributed by atoms with van der Waals surface area (Å²) >= 11 is 0. The molecular formula is C17H11FN3O4-. The molecule has 3 rings (SSSR count). The Balaban J connectivity index is 1.94. The van der Waals surface area contributed by atoms with Crippen molar-refractivity contribution in [2.45, 2.75) is 6.54 Å². The minimum absolute atomic E-state index is 0.117. The molecule has 25 heavy (non-hydrogen) atoms. The van der Waals surface area contributed by atoms with Crippen LogP contribution >= 0.6 is 0 Å². The molecule has 0 unspecified atom stereocenters. The van der Waals surface area contributed by atoms with Crippen molar-refractivity contribution in [3.8, 4) is 0 Å². The van der Waals surface area contributed by atoms with Crippen molar-refractivity contribution in [2.75, 3.05) is 5.32 Å². The van der Waals surface area contributed by atoms with E-state index in [1.54, 1.807) is 12.1 Å². The Bertz CT molecular complexity index is 1030. The van der Waals surface area contributed by atoms with E-state index in [4.69, 9.17) is 0 Å². The van der Waals surface area contributed by atoms with Gasteiger partial charge in [0, 0.05) is 11.1 Å².